The van der Waals surface area contributed by atoms with Gasteiger partial charge < -0.3 is 5.11 Å². The standard InChI is InChI=1S/C23H30ClN3O3/c24-18-8-4-7-17(9-18)12-26-21(29)20-10-19(28)13-27(20)23(22(26)30)14-25(15-23)11-16-5-2-1-3-6-16/h4,7-9,16,19-20,28H,1-3,5-6,10-15H2/t19-,20+/m1/s1. The first kappa shape index (κ1) is 20.4. The predicted octanol–water partition coefficient (Wildman–Crippen LogP) is 2.28. The van der Waals surface area contributed by atoms with Crippen LogP contribution >= 0.6 is 11.6 Å². The van der Waals surface area contributed by atoms with Crippen LogP contribution in [-0.2, 0) is 16.1 Å². The summed E-state index contributed by atoms with van der Waals surface area (Å²) in [6.45, 7) is 3.00. The molecule has 6 nitrogen and oxygen atoms in total. The summed E-state index contributed by atoms with van der Waals surface area (Å²) < 4.78 is 0. The van der Waals surface area contributed by atoms with Crippen molar-refractivity contribution in [2.24, 2.45) is 5.92 Å². The number of β-amino-alcohol motifs (C(OH)–C–C–N with tert-alkyl or cyclic N) is 1. The molecule has 0 aromatic heterocycles. The van der Waals surface area contributed by atoms with Crippen LogP contribution in [0.1, 0.15) is 44.1 Å². The molecule has 2 atom stereocenters. The van der Waals surface area contributed by atoms with Crippen LogP contribution in [0.15, 0.2) is 24.3 Å². The van der Waals surface area contributed by atoms with Gasteiger partial charge >= 0.3 is 0 Å². The van der Waals surface area contributed by atoms with E-state index in [9.17, 15) is 14.7 Å². The fourth-order valence-electron chi connectivity index (χ4n) is 6.02. The summed E-state index contributed by atoms with van der Waals surface area (Å²) in [4.78, 5) is 32.6. The number of aliphatic hydroxyl groups is 1. The van der Waals surface area contributed by atoms with Gasteiger partial charge in [0.25, 0.3) is 5.91 Å². The number of carbonyl (C=O) groups is 2. The molecule has 4 aliphatic rings. The largest absolute Gasteiger partial charge is 0.392 e. The van der Waals surface area contributed by atoms with E-state index in [1.807, 2.05) is 17.0 Å². The first-order valence-corrected chi connectivity index (χ1v) is 11.6. The van der Waals surface area contributed by atoms with Crippen LogP contribution in [0, 0.1) is 5.92 Å². The van der Waals surface area contributed by atoms with Crippen molar-refractivity contribution in [3.8, 4) is 0 Å². The Balaban J connectivity index is 1.36. The monoisotopic (exact) mass is 431 g/mol. The molecule has 0 unspecified atom stereocenters. The average molecular weight is 432 g/mol. The Morgan fingerprint density at radius 1 is 1.13 bits per heavy atom. The molecular weight excluding hydrogens is 402 g/mol. The molecule has 1 spiro atoms. The van der Waals surface area contributed by atoms with Gasteiger partial charge in [0.2, 0.25) is 5.91 Å². The molecule has 4 fully saturated rings. The number of likely N-dealkylation sites (tertiary alicyclic amines) is 1. The molecule has 1 aromatic carbocycles. The predicted molar refractivity (Wildman–Crippen MR) is 114 cm³/mol. The molecule has 5 rings (SSSR count). The lowest BCUT2D eigenvalue weighted by Crippen LogP contribution is -2.81. The van der Waals surface area contributed by atoms with E-state index < -0.39 is 17.7 Å². The number of hydrogen-bond donors (Lipinski definition) is 1. The fraction of sp³-hybridized carbons (Fsp3) is 0.652. The number of aliphatic hydroxyl groups excluding tert-OH is 1. The molecule has 162 valence electrons. The molecule has 0 radical (unpaired) electrons. The maximum absolute atomic E-state index is 13.6. The van der Waals surface area contributed by atoms with E-state index in [2.05, 4.69) is 4.90 Å². The minimum atomic E-state index is -0.677. The number of nitrogens with zero attached hydrogens (tertiary/aromatic N) is 3. The number of amides is 2. The van der Waals surface area contributed by atoms with E-state index >= 15 is 0 Å². The lowest BCUT2D eigenvalue weighted by atomic mass is 9.80. The molecule has 2 amide bonds. The molecule has 7 heteroatoms. The average Bonchev–Trinajstić information content (AvgIpc) is 3.10. The van der Waals surface area contributed by atoms with Gasteiger partial charge in [0.05, 0.1) is 18.7 Å². The smallest absolute Gasteiger partial charge is 0.252 e. The van der Waals surface area contributed by atoms with Crippen molar-refractivity contribution < 1.29 is 14.7 Å². The van der Waals surface area contributed by atoms with Crippen LogP contribution in [0.5, 0.6) is 0 Å². The van der Waals surface area contributed by atoms with Gasteiger partial charge in [-0.15, -0.1) is 0 Å². The number of piperazine rings is 1. The van der Waals surface area contributed by atoms with Crippen LogP contribution in [0.2, 0.25) is 5.02 Å². The van der Waals surface area contributed by atoms with E-state index in [1.54, 1.807) is 12.1 Å². The van der Waals surface area contributed by atoms with Gasteiger partial charge in [0, 0.05) is 31.2 Å². The number of fused-ring (bicyclic) bond motifs is 2. The molecule has 3 aliphatic heterocycles. The second-order valence-electron chi connectivity index (χ2n) is 9.62. The highest BCUT2D eigenvalue weighted by Crippen LogP contribution is 2.41. The van der Waals surface area contributed by atoms with Gasteiger partial charge in [-0.1, -0.05) is 43.0 Å². The Kier molecular flexibility index (Phi) is 5.38. The summed E-state index contributed by atoms with van der Waals surface area (Å²) >= 11 is 6.11. The third-order valence-corrected chi connectivity index (χ3v) is 7.70. The summed E-state index contributed by atoms with van der Waals surface area (Å²) in [5.41, 5.74) is 0.174. The van der Waals surface area contributed by atoms with Gasteiger partial charge in [-0.2, -0.15) is 0 Å². The quantitative estimate of drug-likeness (QED) is 0.741. The highest BCUT2D eigenvalue weighted by Gasteiger charge is 2.64. The molecule has 3 heterocycles. The molecule has 1 aliphatic carbocycles. The zero-order chi connectivity index (χ0) is 20.9. The van der Waals surface area contributed by atoms with Gasteiger partial charge in [0.1, 0.15) is 5.54 Å². The van der Waals surface area contributed by atoms with Crippen LogP contribution < -0.4 is 0 Å². The van der Waals surface area contributed by atoms with Crippen molar-refractivity contribution in [1.29, 1.82) is 0 Å². The van der Waals surface area contributed by atoms with Crippen molar-refractivity contribution in [2.45, 2.75) is 62.8 Å². The van der Waals surface area contributed by atoms with Crippen molar-refractivity contribution in [3.05, 3.63) is 34.9 Å². The van der Waals surface area contributed by atoms with E-state index in [-0.39, 0.29) is 18.4 Å². The SMILES string of the molecule is O=C1[C@@H]2C[C@@H](O)CN2C2(CN(CC3CCCCC3)C2)C(=O)N1Cc1cccc(Cl)c1. The maximum Gasteiger partial charge on any atom is 0.252 e. The zero-order valence-electron chi connectivity index (χ0n) is 17.3. The van der Waals surface area contributed by atoms with Crippen molar-refractivity contribution in [3.63, 3.8) is 0 Å². The Morgan fingerprint density at radius 3 is 2.63 bits per heavy atom. The number of rotatable bonds is 4. The summed E-state index contributed by atoms with van der Waals surface area (Å²) in [7, 11) is 0. The van der Waals surface area contributed by atoms with E-state index in [0.29, 0.717) is 31.1 Å². The number of imide groups is 1. The third-order valence-electron chi connectivity index (χ3n) is 7.46. The fourth-order valence-corrected chi connectivity index (χ4v) is 6.23. The zero-order valence-corrected chi connectivity index (χ0v) is 18.1. The maximum atomic E-state index is 13.6. The molecule has 1 aromatic rings. The molecule has 0 bridgehead atoms. The van der Waals surface area contributed by atoms with Gasteiger partial charge in [-0.3, -0.25) is 24.3 Å². The van der Waals surface area contributed by atoms with E-state index in [4.69, 9.17) is 11.6 Å². The van der Waals surface area contributed by atoms with Crippen molar-refractivity contribution in [2.75, 3.05) is 26.2 Å². The molecule has 1 saturated carbocycles. The Labute approximate surface area is 182 Å². The van der Waals surface area contributed by atoms with E-state index in [1.165, 1.54) is 37.0 Å². The molecular formula is C23H30ClN3O3. The number of halogens is 1. The second kappa shape index (κ2) is 7.90. The summed E-state index contributed by atoms with van der Waals surface area (Å²) in [6.07, 6.45) is 6.37. The lowest BCUT2D eigenvalue weighted by molar-refractivity contribution is -0.181. The second-order valence-corrected chi connectivity index (χ2v) is 10.1. The van der Waals surface area contributed by atoms with Crippen LogP contribution in [0.25, 0.3) is 0 Å². The van der Waals surface area contributed by atoms with E-state index in [0.717, 1.165) is 18.0 Å². The minimum absolute atomic E-state index is 0.113. The number of benzene rings is 1. The Hall–Kier alpha value is -1.47. The highest BCUT2D eigenvalue weighted by molar-refractivity contribution is 6.30. The normalized spacial score (nSPS) is 30.0. The topological polar surface area (TPSA) is 64.1 Å². The summed E-state index contributed by atoms with van der Waals surface area (Å²) in [5, 5.41) is 10.9. The number of hydrogen-bond acceptors (Lipinski definition) is 5. The Morgan fingerprint density at radius 2 is 1.90 bits per heavy atom. The van der Waals surface area contributed by atoms with Crippen molar-refractivity contribution >= 4 is 23.4 Å². The highest BCUT2D eigenvalue weighted by atomic mass is 35.5. The number of carbonyl (C=O) groups excluding carboxylic acids is 2. The molecule has 1 N–H and O–H groups in total. The third kappa shape index (κ3) is 3.48. The molecule has 30 heavy (non-hydrogen) atoms. The van der Waals surface area contributed by atoms with Crippen molar-refractivity contribution in [1.82, 2.24) is 14.7 Å². The van der Waals surface area contributed by atoms with Gasteiger partial charge in [-0.05, 0) is 42.9 Å². The summed E-state index contributed by atoms with van der Waals surface area (Å²) in [5.74, 6) is 0.421. The van der Waals surface area contributed by atoms with Gasteiger partial charge in [0.15, 0.2) is 0 Å². The lowest BCUT2D eigenvalue weighted by Gasteiger charge is -2.59. The summed E-state index contributed by atoms with van der Waals surface area (Å²) in [6, 6.07) is 6.92. The first-order chi connectivity index (χ1) is 14.5. The Bertz CT molecular complexity index is 835. The molecule has 3 saturated heterocycles. The van der Waals surface area contributed by atoms with Gasteiger partial charge in [-0.25, -0.2) is 0 Å². The van der Waals surface area contributed by atoms with Crippen LogP contribution in [0.4, 0.5) is 0 Å². The van der Waals surface area contributed by atoms with Crippen LogP contribution in [0.3, 0.4) is 0 Å². The minimum Gasteiger partial charge on any atom is -0.392 e. The first-order valence-electron chi connectivity index (χ1n) is 11.2. The van der Waals surface area contributed by atoms with Crippen LogP contribution in [-0.4, -0.2) is 75.5 Å².